The number of hydrogen-bond donors (Lipinski definition) is 0. The van der Waals surface area contributed by atoms with Crippen LogP contribution < -0.4 is 4.90 Å². The summed E-state index contributed by atoms with van der Waals surface area (Å²) < 4.78 is 0. The summed E-state index contributed by atoms with van der Waals surface area (Å²) in [4.78, 5) is 27.0. The highest BCUT2D eigenvalue weighted by atomic mass is 35.5. The Morgan fingerprint density at radius 3 is 2.05 bits per heavy atom. The largest absolute Gasteiger partial charge is 0.376 e. The number of rotatable bonds is 1. The van der Waals surface area contributed by atoms with Gasteiger partial charge in [-0.3, -0.25) is 9.59 Å². The van der Waals surface area contributed by atoms with E-state index in [9.17, 15) is 9.59 Å². The fourth-order valence-corrected chi connectivity index (χ4v) is 2.91. The Labute approximate surface area is 121 Å². The van der Waals surface area contributed by atoms with Crippen LogP contribution in [0.25, 0.3) is 0 Å². The van der Waals surface area contributed by atoms with Gasteiger partial charge in [-0.25, -0.2) is 0 Å². The van der Waals surface area contributed by atoms with E-state index in [2.05, 4.69) is 0 Å². The van der Waals surface area contributed by atoms with Crippen LogP contribution in [0.15, 0.2) is 36.4 Å². The smallest absolute Gasteiger partial charge is 0.196 e. The Kier molecular flexibility index (Phi) is 2.87. The molecule has 2 aromatic rings. The second-order valence-electron chi connectivity index (χ2n) is 4.92. The molecule has 0 N–H and O–H groups in total. The molecule has 1 aliphatic rings. The molecule has 0 atom stereocenters. The molecule has 0 unspecified atom stereocenters. The third-order valence-electron chi connectivity index (χ3n) is 3.46. The molecule has 0 saturated carbocycles. The molecule has 4 heteroatoms. The number of carbonyl (C=O) groups excluding carboxylic acids is 2. The Bertz CT molecular complexity index is 750. The van der Waals surface area contributed by atoms with Gasteiger partial charge < -0.3 is 4.90 Å². The quantitative estimate of drug-likeness (QED) is 0.689. The standard InChI is InChI=1S/C16H12ClNO2/c1-18(2)14-12(17)8-7-11-13(14)16(20)10-6-4-3-5-9(10)15(11)19/h3-8H,1-2H3. The molecule has 20 heavy (non-hydrogen) atoms. The van der Waals surface area contributed by atoms with Crippen LogP contribution in [0.3, 0.4) is 0 Å². The van der Waals surface area contributed by atoms with Crippen LogP contribution >= 0.6 is 11.6 Å². The van der Waals surface area contributed by atoms with Crippen molar-refractivity contribution in [3.63, 3.8) is 0 Å². The first-order valence-electron chi connectivity index (χ1n) is 6.20. The fourth-order valence-electron chi connectivity index (χ4n) is 2.58. The maximum absolute atomic E-state index is 12.7. The first kappa shape index (κ1) is 12.9. The number of carbonyl (C=O) groups is 2. The molecular weight excluding hydrogens is 274 g/mol. The molecule has 2 aromatic carbocycles. The van der Waals surface area contributed by atoms with E-state index in [0.29, 0.717) is 33.0 Å². The number of halogens is 1. The average molecular weight is 286 g/mol. The van der Waals surface area contributed by atoms with Gasteiger partial charge in [0.25, 0.3) is 0 Å². The third-order valence-corrected chi connectivity index (χ3v) is 3.77. The van der Waals surface area contributed by atoms with Gasteiger partial charge in [0.05, 0.1) is 16.3 Å². The van der Waals surface area contributed by atoms with Crippen LogP contribution in [0.5, 0.6) is 0 Å². The van der Waals surface area contributed by atoms with E-state index in [0.717, 1.165) is 0 Å². The predicted octanol–water partition coefficient (Wildman–Crippen LogP) is 3.18. The maximum atomic E-state index is 12.7. The summed E-state index contributed by atoms with van der Waals surface area (Å²) in [5, 5.41) is 0.467. The van der Waals surface area contributed by atoms with E-state index in [1.54, 1.807) is 55.4 Å². The van der Waals surface area contributed by atoms with Crippen molar-refractivity contribution in [1.29, 1.82) is 0 Å². The van der Waals surface area contributed by atoms with Crippen LogP contribution in [0.1, 0.15) is 31.8 Å². The number of fused-ring (bicyclic) bond motifs is 2. The molecule has 0 fully saturated rings. The molecular formula is C16H12ClNO2. The summed E-state index contributed by atoms with van der Waals surface area (Å²) in [5.41, 5.74) is 2.30. The molecule has 0 aliphatic heterocycles. The van der Waals surface area contributed by atoms with Crippen molar-refractivity contribution >= 4 is 28.9 Å². The summed E-state index contributed by atoms with van der Waals surface area (Å²) in [6.07, 6.45) is 0. The van der Waals surface area contributed by atoms with Gasteiger partial charge in [0, 0.05) is 30.8 Å². The highest BCUT2D eigenvalue weighted by Crippen LogP contribution is 2.37. The van der Waals surface area contributed by atoms with Crippen molar-refractivity contribution in [2.45, 2.75) is 0 Å². The number of hydrogen-bond acceptors (Lipinski definition) is 3. The highest BCUT2D eigenvalue weighted by Gasteiger charge is 2.32. The van der Waals surface area contributed by atoms with Gasteiger partial charge in [0.15, 0.2) is 11.6 Å². The summed E-state index contributed by atoms with van der Waals surface area (Å²) >= 11 is 6.19. The van der Waals surface area contributed by atoms with Gasteiger partial charge in [0.1, 0.15) is 0 Å². The minimum atomic E-state index is -0.151. The van der Waals surface area contributed by atoms with E-state index >= 15 is 0 Å². The zero-order valence-electron chi connectivity index (χ0n) is 11.1. The van der Waals surface area contributed by atoms with Crippen molar-refractivity contribution in [1.82, 2.24) is 0 Å². The van der Waals surface area contributed by atoms with Gasteiger partial charge in [-0.2, -0.15) is 0 Å². The van der Waals surface area contributed by atoms with Gasteiger partial charge in [-0.15, -0.1) is 0 Å². The lowest BCUT2D eigenvalue weighted by molar-refractivity contribution is 0.0979. The molecule has 3 nitrogen and oxygen atoms in total. The number of anilines is 1. The number of ketones is 2. The van der Waals surface area contributed by atoms with E-state index < -0.39 is 0 Å². The van der Waals surface area contributed by atoms with Crippen molar-refractivity contribution in [2.75, 3.05) is 19.0 Å². The minimum absolute atomic E-state index is 0.130. The van der Waals surface area contributed by atoms with Crippen molar-refractivity contribution < 1.29 is 9.59 Å². The third kappa shape index (κ3) is 1.67. The lowest BCUT2D eigenvalue weighted by atomic mass is 9.83. The molecule has 0 bridgehead atoms. The monoisotopic (exact) mass is 285 g/mol. The lowest BCUT2D eigenvalue weighted by Gasteiger charge is -2.24. The van der Waals surface area contributed by atoms with Crippen molar-refractivity contribution in [2.24, 2.45) is 0 Å². The Balaban J connectivity index is 2.37. The Morgan fingerprint density at radius 2 is 1.45 bits per heavy atom. The first-order chi connectivity index (χ1) is 9.52. The summed E-state index contributed by atoms with van der Waals surface area (Å²) in [6, 6.07) is 10.2. The Morgan fingerprint density at radius 1 is 0.850 bits per heavy atom. The van der Waals surface area contributed by atoms with Crippen molar-refractivity contribution in [3.05, 3.63) is 63.7 Å². The molecule has 0 radical (unpaired) electrons. The molecule has 0 heterocycles. The molecule has 0 saturated heterocycles. The van der Waals surface area contributed by atoms with Crippen LogP contribution in [-0.2, 0) is 0 Å². The topological polar surface area (TPSA) is 37.4 Å². The molecule has 1 aliphatic carbocycles. The number of benzene rings is 2. The average Bonchev–Trinajstić information content (AvgIpc) is 2.44. The van der Waals surface area contributed by atoms with Crippen LogP contribution in [-0.4, -0.2) is 25.7 Å². The Hall–Kier alpha value is -2.13. The van der Waals surface area contributed by atoms with E-state index in [-0.39, 0.29) is 11.6 Å². The van der Waals surface area contributed by atoms with E-state index in [1.807, 2.05) is 0 Å². The molecule has 3 rings (SSSR count). The normalized spacial score (nSPS) is 12.9. The molecule has 0 spiro atoms. The summed E-state index contributed by atoms with van der Waals surface area (Å²) in [5.74, 6) is -0.281. The van der Waals surface area contributed by atoms with E-state index in [4.69, 9.17) is 11.6 Å². The van der Waals surface area contributed by atoms with Gasteiger partial charge in [-0.05, 0) is 12.1 Å². The van der Waals surface area contributed by atoms with Gasteiger partial charge in [0.2, 0.25) is 0 Å². The fraction of sp³-hybridized carbons (Fsp3) is 0.125. The minimum Gasteiger partial charge on any atom is -0.376 e. The second kappa shape index (κ2) is 4.46. The summed E-state index contributed by atoms with van der Waals surface area (Å²) in [7, 11) is 3.61. The predicted molar refractivity (Wildman–Crippen MR) is 79.1 cm³/mol. The zero-order valence-corrected chi connectivity index (χ0v) is 11.9. The van der Waals surface area contributed by atoms with Gasteiger partial charge in [-0.1, -0.05) is 35.9 Å². The van der Waals surface area contributed by atoms with Crippen LogP contribution in [0.2, 0.25) is 5.02 Å². The number of nitrogens with zero attached hydrogens (tertiary/aromatic N) is 1. The van der Waals surface area contributed by atoms with Crippen LogP contribution in [0.4, 0.5) is 5.69 Å². The van der Waals surface area contributed by atoms with Crippen LogP contribution in [0, 0.1) is 0 Å². The first-order valence-corrected chi connectivity index (χ1v) is 6.58. The molecule has 0 amide bonds. The second-order valence-corrected chi connectivity index (χ2v) is 5.32. The van der Waals surface area contributed by atoms with E-state index in [1.165, 1.54) is 0 Å². The lowest BCUT2D eigenvalue weighted by Crippen LogP contribution is -2.24. The van der Waals surface area contributed by atoms with Gasteiger partial charge >= 0.3 is 0 Å². The summed E-state index contributed by atoms with van der Waals surface area (Å²) in [6.45, 7) is 0. The highest BCUT2D eigenvalue weighted by molar-refractivity contribution is 6.37. The maximum Gasteiger partial charge on any atom is 0.196 e. The molecule has 0 aromatic heterocycles. The van der Waals surface area contributed by atoms with Crippen molar-refractivity contribution in [3.8, 4) is 0 Å². The zero-order chi connectivity index (χ0) is 14.4. The molecule has 100 valence electrons. The SMILES string of the molecule is CN(C)c1c(Cl)ccc2c1C(=O)c1ccccc1C2=O.